The van der Waals surface area contributed by atoms with Crippen LogP contribution in [0.25, 0.3) is 0 Å². The molecule has 2 aliphatic heterocycles. The maximum absolute atomic E-state index is 12.1. The van der Waals surface area contributed by atoms with E-state index in [-0.39, 0.29) is 17.3 Å². The van der Waals surface area contributed by atoms with Crippen LogP contribution in [-0.2, 0) is 19.5 Å². The summed E-state index contributed by atoms with van der Waals surface area (Å²) in [7, 11) is -3.11. The highest BCUT2D eigenvalue weighted by atomic mass is 32.2. The summed E-state index contributed by atoms with van der Waals surface area (Å²) in [6.07, 6.45) is 2.92. The van der Waals surface area contributed by atoms with Crippen LogP contribution in [0.2, 0.25) is 0 Å². The van der Waals surface area contributed by atoms with Crippen molar-refractivity contribution >= 4 is 10.0 Å². The maximum atomic E-state index is 12.1. The Labute approximate surface area is 116 Å². The molecule has 5 nitrogen and oxygen atoms in total. The molecule has 2 saturated heterocycles. The first-order valence-electron chi connectivity index (χ1n) is 7.21. The largest absolute Gasteiger partial charge is 0.381 e. The van der Waals surface area contributed by atoms with E-state index in [0.717, 1.165) is 25.9 Å². The number of rotatable bonds is 5. The number of sulfonamides is 1. The van der Waals surface area contributed by atoms with Crippen LogP contribution in [0.15, 0.2) is 0 Å². The minimum absolute atomic E-state index is 0.144. The van der Waals surface area contributed by atoms with Crippen molar-refractivity contribution in [3.05, 3.63) is 0 Å². The Morgan fingerprint density at radius 1 is 1.42 bits per heavy atom. The fraction of sp³-hybridized carbons (Fsp3) is 1.00. The number of hydrogen-bond donors (Lipinski definition) is 0. The van der Waals surface area contributed by atoms with Gasteiger partial charge in [0.1, 0.15) is 0 Å². The van der Waals surface area contributed by atoms with E-state index in [1.54, 1.807) is 11.2 Å². The Bertz CT molecular complexity index is 397. The van der Waals surface area contributed by atoms with E-state index in [4.69, 9.17) is 9.47 Å². The average Bonchev–Trinajstić information content (AvgIpc) is 2.44. The Morgan fingerprint density at radius 2 is 2.21 bits per heavy atom. The summed E-state index contributed by atoms with van der Waals surface area (Å²) in [5.41, 5.74) is -0.144. The highest BCUT2D eigenvalue weighted by molar-refractivity contribution is 7.89. The Balaban J connectivity index is 2.16. The van der Waals surface area contributed by atoms with E-state index in [2.05, 4.69) is 0 Å². The van der Waals surface area contributed by atoms with Gasteiger partial charge in [0.2, 0.25) is 10.0 Å². The summed E-state index contributed by atoms with van der Waals surface area (Å²) < 4.78 is 37.3. The average molecular weight is 291 g/mol. The number of fused-ring (bicyclic) bond motifs is 1. The molecular formula is C13H25NO4S. The highest BCUT2D eigenvalue weighted by Crippen LogP contribution is 2.41. The first kappa shape index (κ1) is 15.2. The van der Waals surface area contributed by atoms with Crippen molar-refractivity contribution in [2.75, 3.05) is 38.7 Å². The first-order valence-corrected chi connectivity index (χ1v) is 8.82. The summed E-state index contributed by atoms with van der Waals surface area (Å²) in [6.45, 7) is 6.85. The van der Waals surface area contributed by atoms with Gasteiger partial charge in [0.25, 0.3) is 0 Å². The lowest BCUT2D eigenvalue weighted by Crippen LogP contribution is -2.58. The molecule has 2 fully saturated rings. The van der Waals surface area contributed by atoms with Gasteiger partial charge in [0.15, 0.2) is 0 Å². The third kappa shape index (κ3) is 3.12. The molecule has 0 N–H and O–H groups in total. The molecule has 2 aliphatic rings. The molecule has 0 amide bonds. The van der Waals surface area contributed by atoms with E-state index in [0.29, 0.717) is 26.3 Å². The minimum Gasteiger partial charge on any atom is -0.381 e. The van der Waals surface area contributed by atoms with Crippen LogP contribution in [0.5, 0.6) is 0 Å². The topological polar surface area (TPSA) is 55.8 Å². The molecule has 2 heterocycles. The van der Waals surface area contributed by atoms with Gasteiger partial charge in [0.05, 0.1) is 18.5 Å². The zero-order chi connectivity index (χ0) is 13.9. The number of ether oxygens (including phenoxy) is 2. The molecule has 0 unspecified atom stereocenters. The summed E-state index contributed by atoms with van der Waals surface area (Å²) in [4.78, 5) is 0. The quantitative estimate of drug-likeness (QED) is 0.765. The van der Waals surface area contributed by atoms with Crippen LogP contribution in [0, 0.1) is 5.41 Å². The second-order valence-corrected chi connectivity index (χ2v) is 7.74. The second kappa shape index (κ2) is 6.08. The van der Waals surface area contributed by atoms with Crippen molar-refractivity contribution in [2.45, 2.75) is 39.2 Å². The Morgan fingerprint density at radius 3 is 2.89 bits per heavy atom. The maximum Gasteiger partial charge on any atom is 0.213 e. The monoisotopic (exact) mass is 291 g/mol. The number of piperidine rings is 1. The molecule has 0 radical (unpaired) electrons. The highest BCUT2D eigenvalue weighted by Gasteiger charge is 2.48. The summed E-state index contributed by atoms with van der Waals surface area (Å²) in [6, 6.07) is 0. The third-order valence-electron chi connectivity index (χ3n) is 4.30. The Hall–Kier alpha value is -0.170. The molecule has 0 aromatic carbocycles. The van der Waals surface area contributed by atoms with E-state index in [1.165, 1.54) is 0 Å². The lowest BCUT2D eigenvalue weighted by Gasteiger charge is -2.49. The lowest BCUT2D eigenvalue weighted by atomic mass is 9.73. The van der Waals surface area contributed by atoms with Crippen molar-refractivity contribution in [1.82, 2.24) is 4.31 Å². The third-order valence-corrected chi connectivity index (χ3v) is 6.13. The van der Waals surface area contributed by atoms with Crippen molar-refractivity contribution in [1.29, 1.82) is 0 Å². The Kier molecular flexibility index (Phi) is 4.87. The van der Waals surface area contributed by atoms with Crippen molar-refractivity contribution in [3.63, 3.8) is 0 Å². The molecule has 0 aromatic rings. The molecule has 0 saturated carbocycles. The van der Waals surface area contributed by atoms with Crippen LogP contribution in [0.1, 0.15) is 33.1 Å². The smallest absolute Gasteiger partial charge is 0.213 e. The SMILES string of the molecule is CCOC[C@@]12CCCO[C@@H]1CCN(S(=O)(=O)CC)C2. The van der Waals surface area contributed by atoms with Crippen LogP contribution in [-0.4, -0.2) is 57.5 Å². The van der Waals surface area contributed by atoms with Gasteiger partial charge in [-0.15, -0.1) is 0 Å². The zero-order valence-electron chi connectivity index (χ0n) is 11.9. The standard InChI is InChI=1S/C13H25NO4S/c1-3-17-11-13-7-5-9-18-12(13)6-8-14(10-13)19(15,16)4-2/h12H,3-11H2,1-2H3/t12-,13+/m1/s1. The van der Waals surface area contributed by atoms with Crippen molar-refractivity contribution in [3.8, 4) is 0 Å². The zero-order valence-corrected chi connectivity index (χ0v) is 12.7. The van der Waals surface area contributed by atoms with Gasteiger partial charge in [-0.1, -0.05) is 0 Å². The van der Waals surface area contributed by atoms with Gasteiger partial charge in [0, 0.05) is 31.7 Å². The van der Waals surface area contributed by atoms with E-state index < -0.39 is 10.0 Å². The number of hydrogen-bond acceptors (Lipinski definition) is 4. The van der Waals surface area contributed by atoms with E-state index in [1.807, 2.05) is 6.92 Å². The molecule has 0 spiro atoms. The summed E-state index contributed by atoms with van der Waals surface area (Å²) in [5.74, 6) is 0.170. The lowest BCUT2D eigenvalue weighted by molar-refractivity contribution is -0.141. The van der Waals surface area contributed by atoms with Crippen LogP contribution in [0.4, 0.5) is 0 Å². The van der Waals surface area contributed by atoms with Gasteiger partial charge in [-0.3, -0.25) is 0 Å². The number of nitrogens with zero attached hydrogens (tertiary/aromatic N) is 1. The van der Waals surface area contributed by atoms with E-state index >= 15 is 0 Å². The van der Waals surface area contributed by atoms with Gasteiger partial charge in [-0.05, 0) is 33.1 Å². The van der Waals surface area contributed by atoms with Crippen LogP contribution >= 0.6 is 0 Å². The molecule has 112 valence electrons. The molecule has 19 heavy (non-hydrogen) atoms. The predicted molar refractivity (Wildman–Crippen MR) is 73.6 cm³/mol. The van der Waals surface area contributed by atoms with Gasteiger partial charge in [-0.25, -0.2) is 12.7 Å². The molecule has 0 aromatic heterocycles. The minimum atomic E-state index is -3.11. The molecule has 0 aliphatic carbocycles. The fourth-order valence-corrected chi connectivity index (χ4v) is 4.39. The summed E-state index contributed by atoms with van der Waals surface area (Å²) >= 11 is 0. The van der Waals surface area contributed by atoms with Crippen LogP contribution in [0.3, 0.4) is 0 Å². The first-order chi connectivity index (χ1) is 9.04. The predicted octanol–water partition coefficient (Wildman–Crippen LogP) is 1.24. The van der Waals surface area contributed by atoms with Crippen molar-refractivity contribution < 1.29 is 17.9 Å². The van der Waals surface area contributed by atoms with Crippen LogP contribution < -0.4 is 0 Å². The van der Waals surface area contributed by atoms with Gasteiger partial charge < -0.3 is 9.47 Å². The summed E-state index contributed by atoms with van der Waals surface area (Å²) in [5, 5.41) is 0. The van der Waals surface area contributed by atoms with Crippen molar-refractivity contribution in [2.24, 2.45) is 5.41 Å². The molecular weight excluding hydrogens is 266 g/mol. The molecule has 6 heteroatoms. The molecule has 2 atom stereocenters. The molecule has 0 bridgehead atoms. The van der Waals surface area contributed by atoms with E-state index in [9.17, 15) is 8.42 Å². The second-order valence-electron chi connectivity index (χ2n) is 5.49. The normalized spacial score (nSPS) is 33.1. The van der Waals surface area contributed by atoms with Gasteiger partial charge in [-0.2, -0.15) is 0 Å². The molecule has 2 rings (SSSR count). The fourth-order valence-electron chi connectivity index (χ4n) is 3.19. The van der Waals surface area contributed by atoms with Gasteiger partial charge >= 0.3 is 0 Å².